The Kier molecular flexibility index (Phi) is 5.09. The molecule has 0 aromatic carbocycles. The van der Waals surface area contributed by atoms with Crippen LogP contribution in [0, 0.1) is 5.92 Å². The number of hydrogen-bond acceptors (Lipinski definition) is 2. The van der Waals surface area contributed by atoms with E-state index in [0.29, 0.717) is 5.92 Å². The number of amides is 1. The fraction of sp³-hybridized carbons (Fsp3) is 0.917. The van der Waals surface area contributed by atoms with Crippen LogP contribution in [-0.2, 0) is 4.79 Å². The highest BCUT2D eigenvalue weighted by Gasteiger charge is 2.25. The number of unbranched alkanes of at least 4 members (excludes halogenated alkanes) is 2. The molecular formula is C12H24N2O. The minimum Gasteiger partial charge on any atom is -0.341 e. The molecule has 1 heterocycles. The zero-order chi connectivity index (χ0) is 11.3. The first-order chi connectivity index (χ1) is 7.15. The van der Waals surface area contributed by atoms with Crippen LogP contribution >= 0.6 is 0 Å². The van der Waals surface area contributed by atoms with E-state index in [1.54, 1.807) is 0 Å². The first-order valence-corrected chi connectivity index (χ1v) is 6.17. The largest absolute Gasteiger partial charge is 0.341 e. The normalized spacial score (nSPS) is 27.9. The fourth-order valence-electron chi connectivity index (χ4n) is 2.02. The zero-order valence-electron chi connectivity index (χ0n) is 10.3. The van der Waals surface area contributed by atoms with Gasteiger partial charge in [0.1, 0.15) is 0 Å². The molecule has 0 aromatic rings. The zero-order valence-corrected chi connectivity index (χ0v) is 10.3. The second-order valence-electron chi connectivity index (χ2n) is 4.73. The predicted octanol–water partition coefficient (Wildman–Crippen LogP) is 1.63. The minimum absolute atomic E-state index is 0.00317. The van der Waals surface area contributed by atoms with E-state index in [1.807, 2.05) is 11.8 Å². The molecular weight excluding hydrogens is 188 g/mol. The highest BCUT2D eigenvalue weighted by molar-refractivity contribution is 5.81. The maximum absolute atomic E-state index is 11.9. The molecule has 2 atom stereocenters. The highest BCUT2D eigenvalue weighted by Crippen LogP contribution is 2.09. The van der Waals surface area contributed by atoms with E-state index < -0.39 is 0 Å². The third-order valence-electron chi connectivity index (χ3n) is 3.02. The van der Waals surface area contributed by atoms with E-state index in [2.05, 4.69) is 19.2 Å². The monoisotopic (exact) mass is 212 g/mol. The van der Waals surface area contributed by atoms with Gasteiger partial charge in [-0.15, -0.1) is 0 Å². The molecule has 1 amide bonds. The Labute approximate surface area is 93.2 Å². The summed E-state index contributed by atoms with van der Waals surface area (Å²) in [6.45, 7) is 9.16. The van der Waals surface area contributed by atoms with Crippen molar-refractivity contribution >= 4 is 5.91 Å². The van der Waals surface area contributed by atoms with E-state index in [9.17, 15) is 4.79 Å². The van der Waals surface area contributed by atoms with Gasteiger partial charge in [0, 0.05) is 19.6 Å². The van der Waals surface area contributed by atoms with Crippen LogP contribution in [0.15, 0.2) is 0 Å². The first kappa shape index (κ1) is 12.5. The van der Waals surface area contributed by atoms with Gasteiger partial charge in [-0.3, -0.25) is 4.79 Å². The van der Waals surface area contributed by atoms with Crippen molar-refractivity contribution in [2.24, 2.45) is 5.92 Å². The van der Waals surface area contributed by atoms with Gasteiger partial charge in [0.2, 0.25) is 5.91 Å². The molecule has 1 N–H and O–H groups in total. The Balaban J connectivity index is 2.46. The van der Waals surface area contributed by atoms with E-state index in [1.165, 1.54) is 12.8 Å². The summed E-state index contributed by atoms with van der Waals surface area (Å²) in [4.78, 5) is 14.0. The van der Waals surface area contributed by atoms with Crippen LogP contribution in [-0.4, -0.2) is 36.5 Å². The van der Waals surface area contributed by atoms with Gasteiger partial charge in [-0.05, 0) is 19.3 Å². The third kappa shape index (κ3) is 3.82. The van der Waals surface area contributed by atoms with Crippen LogP contribution in [0.2, 0.25) is 0 Å². The second kappa shape index (κ2) is 6.11. The van der Waals surface area contributed by atoms with Crippen LogP contribution in [0.1, 0.15) is 40.0 Å². The molecule has 0 bridgehead atoms. The van der Waals surface area contributed by atoms with Crippen LogP contribution in [0.25, 0.3) is 0 Å². The maximum Gasteiger partial charge on any atom is 0.239 e. The van der Waals surface area contributed by atoms with Gasteiger partial charge in [0.15, 0.2) is 0 Å². The molecule has 0 saturated carbocycles. The number of carbonyl (C=O) groups is 1. The van der Waals surface area contributed by atoms with Crippen molar-refractivity contribution in [3.63, 3.8) is 0 Å². The molecule has 88 valence electrons. The Morgan fingerprint density at radius 2 is 2.13 bits per heavy atom. The number of carbonyl (C=O) groups excluding carboxylic acids is 1. The average Bonchev–Trinajstić information content (AvgIpc) is 2.33. The number of rotatable bonds is 4. The lowest BCUT2D eigenvalue weighted by molar-refractivity contribution is -0.132. The molecule has 1 saturated heterocycles. The van der Waals surface area contributed by atoms with Gasteiger partial charge in [0.05, 0.1) is 6.04 Å². The summed E-state index contributed by atoms with van der Waals surface area (Å²) in [7, 11) is 0. The highest BCUT2D eigenvalue weighted by atomic mass is 16.2. The molecule has 1 rings (SSSR count). The van der Waals surface area contributed by atoms with Crippen LogP contribution in [0.5, 0.6) is 0 Å². The van der Waals surface area contributed by atoms with Crippen molar-refractivity contribution in [1.82, 2.24) is 10.2 Å². The van der Waals surface area contributed by atoms with Crippen molar-refractivity contribution in [2.45, 2.75) is 46.1 Å². The third-order valence-corrected chi connectivity index (χ3v) is 3.02. The minimum atomic E-state index is -0.00317. The lowest BCUT2D eigenvalue weighted by atomic mass is 10.1. The lowest BCUT2D eigenvalue weighted by Crippen LogP contribution is -2.42. The van der Waals surface area contributed by atoms with Crippen LogP contribution < -0.4 is 5.32 Å². The summed E-state index contributed by atoms with van der Waals surface area (Å²) < 4.78 is 0. The Morgan fingerprint density at radius 3 is 2.80 bits per heavy atom. The van der Waals surface area contributed by atoms with Crippen molar-refractivity contribution in [3.8, 4) is 0 Å². The smallest absolute Gasteiger partial charge is 0.239 e. The van der Waals surface area contributed by atoms with Crippen molar-refractivity contribution < 1.29 is 4.79 Å². The standard InChI is InChI=1S/C12H24N2O/c1-4-5-6-7-14-9-10(2)8-13-11(3)12(14)15/h10-11,13H,4-9H2,1-3H3. The van der Waals surface area contributed by atoms with E-state index in [-0.39, 0.29) is 11.9 Å². The maximum atomic E-state index is 11.9. The molecule has 0 aromatic heterocycles. The SMILES string of the molecule is CCCCCN1CC(C)CNC(C)C1=O. The predicted molar refractivity (Wildman–Crippen MR) is 62.7 cm³/mol. The fourth-order valence-corrected chi connectivity index (χ4v) is 2.02. The first-order valence-electron chi connectivity index (χ1n) is 6.17. The van der Waals surface area contributed by atoms with E-state index in [4.69, 9.17) is 0 Å². The lowest BCUT2D eigenvalue weighted by Gasteiger charge is -2.23. The van der Waals surface area contributed by atoms with Gasteiger partial charge in [-0.25, -0.2) is 0 Å². The Bertz CT molecular complexity index is 206. The second-order valence-corrected chi connectivity index (χ2v) is 4.73. The number of nitrogens with zero attached hydrogens (tertiary/aromatic N) is 1. The Morgan fingerprint density at radius 1 is 1.40 bits per heavy atom. The van der Waals surface area contributed by atoms with Gasteiger partial charge in [-0.1, -0.05) is 26.7 Å². The summed E-state index contributed by atoms with van der Waals surface area (Å²) in [5.41, 5.74) is 0. The topological polar surface area (TPSA) is 32.3 Å². The Hall–Kier alpha value is -0.570. The van der Waals surface area contributed by atoms with Crippen molar-refractivity contribution in [2.75, 3.05) is 19.6 Å². The summed E-state index contributed by atoms with van der Waals surface area (Å²) in [6, 6.07) is -0.00317. The van der Waals surface area contributed by atoms with E-state index >= 15 is 0 Å². The molecule has 1 aliphatic rings. The molecule has 3 nitrogen and oxygen atoms in total. The van der Waals surface area contributed by atoms with E-state index in [0.717, 1.165) is 26.1 Å². The van der Waals surface area contributed by atoms with Gasteiger partial charge < -0.3 is 10.2 Å². The molecule has 0 aliphatic carbocycles. The number of nitrogens with one attached hydrogen (secondary N) is 1. The quantitative estimate of drug-likeness (QED) is 0.718. The molecule has 15 heavy (non-hydrogen) atoms. The molecule has 1 aliphatic heterocycles. The average molecular weight is 212 g/mol. The van der Waals surface area contributed by atoms with Gasteiger partial charge in [0.25, 0.3) is 0 Å². The van der Waals surface area contributed by atoms with Gasteiger partial charge in [-0.2, -0.15) is 0 Å². The van der Waals surface area contributed by atoms with Crippen molar-refractivity contribution in [1.29, 1.82) is 0 Å². The molecule has 3 heteroatoms. The summed E-state index contributed by atoms with van der Waals surface area (Å²) in [5.74, 6) is 0.843. The van der Waals surface area contributed by atoms with Crippen LogP contribution in [0.4, 0.5) is 0 Å². The summed E-state index contributed by atoms with van der Waals surface area (Å²) >= 11 is 0. The summed E-state index contributed by atoms with van der Waals surface area (Å²) in [6.07, 6.45) is 3.58. The summed E-state index contributed by atoms with van der Waals surface area (Å²) in [5, 5.41) is 3.27. The molecule has 0 spiro atoms. The number of hydrogen-bond donors (Lipinski definition) is 1. The molecule has 1 fully saturated rings. The van der Waals surface area contributed by atoms with Gasteiger partial charge >= 0.3 is 0 Å². The molecule has 2 unspecified atom stereocenters. The van der Waals surface area contributed by atoms with Crippen molar-refractivity contribution in [3.05, 3.63) is 0 Å². The van der Waals surface area contributed by atoms with Crippen LogP contribution in [0.3, 0.4) is 0 Å². The molecule has 0 radical (unpaired) electrons.